The number of fused-ring (bicyclic) bond motifs is 1. The van der Waals surface area contributed by atoms with Crippen LogP contribution in [0.1, 0.15) is 51.2 Å². The van der Waals surface area contributed by atoms with Crippen LogP contribution in [0.5, 0.6) is 0 Å². The second kappa shape index (κ2) is 7.20. The first-order valence-electron chi connectivity index (χ1n) is 9.06. The fraction of sp³-hybridized carbons (Fsp3) is 0.429. The molecular formula is C21H26N2OS2. The number of carbonyl (C=O) groups is 1. The van der Waals surface area contributed by atoms with Crippen molar-refractivity contribution in [3.63, 3.8) is 0 Å². The van der Waals surface area contributed by atoms with Gasteiger partial charge >= 0.3 is 0 Å². The van der Waals surface area contributed by atoms with E-state index in [4.69, 9.17) is 12.2 Å². The van der Waals surface area contributed by atoms with Gasteiger partial charge in [-0.3, -0.25) is 9.69 Å². The maximum atomic E-state index is 12.5. The minimum atomic E-state index is -0.0259. The molecule has 2 aliphatic heterocycles. The number of rotatable bonds is 4. The number of benzene rings is 1. The standard InChI is InChI=1S/C21H26N2OS2/c1-6-10-22-19(24)18(26-20(22)25)12-15-8-9-17-16(11-15)14(3)13-21(4,5)23(17)7-2/h6,8-9,11-12,14H,1,7,10,13H2,2-5H3/b18-12-/t14-/m0/s1. The van der Waals surface area contributed by atoms with Gasteiger partial charge in [-0.25, -0.2) is 0 Å². The molecule has 3 nitrogen and oxygen atoms in total. The largest absolute Gasteiger partial charge is 0.366 e. The quantitative estimate of drug-likeness (QED) is 0.404. The third-order valence-electron chi connectivity index (χ3n) is 5.21. The number of thioether (sulfide) groups is 1. The molecule has 2 heterocycles. The predicted octanol–water partition coefficient (Wildman–Crippen LogP) is 5.19. The van der Waals surface area contributed by atoms with Gasteiger partial charge in [0.1, 0.15) is 4.32 Å². The van der Waals surface area contributed by atoms with Gasteiger partial charge in [0.2, 0.25) is 0 Å². The highest BCUT2D eigenvalue weighted by Crippen LogP contribution is 2.44. The maximum absolute atomic E-state index is 12.5. The Kier molecular flexibility index (Phi) is 5.31. The molecule has 138 valence electrons. The van der Waals surface area contributed by atoms with Crippen molar-refractivity contribution in [3.8, 4) is 0 Å². The summed E-state index contributed by atoms with van der Waals surface area (Å²) in [6, 6.07) is 6.54. The van der Waals surface area contributed by atoms with E-state index in [1.54, 1.807) is 11.0 Å². The molecule has 5 heteroatoms. The Hall–Kier alpha value is -1.59. The summed E-state index contributed by atoms with van der Waals surface area (Å²) in [5.74, 6) is 0.466. The van der Waals surface area contributed by atoms with E-state index in [0.29, 0.717) is 21.7 Å². The molecular weight excluding hydrogens is 360 g/mol. The van der Waals surface area contributed by atoms with E-state index in [2.05, 4.69) is 57.4 Å². The Morgan fingerprint density at radius 3 is 2.81 bits per heavy atom. The van der Waals surface area contributed by atoms with Gasteiger partial charge in [0, 0.05) is 24.3 Å². The van der Waals surface area contributed by atoms with Crippen molar-refractivity contribution >= 4 is 46.0 Å². The van der Waals surface area contributed by atoms with E-state index in [1.807, 2.05) is 6.08 Å². The molecule has 0 radical (unpaired) electrons. The van der Waals surface area contributed by atoms with Gasteiger partial charge in [-0.05, 0) is 62.4 Å². The molecule has 3 rings (SSSR count). The summed E-state index contributed by atoms with van der Waals surface area (Å²) in [7, 11) is 0. The topological polar surface area (TPSA) is 23.6 Å². The molecule has 0 N–H and O–H groups in total. The molecule has 0 saturated carbocycles. The lowest BCUT2D eigenvalue weighted by Gasteiger charge is -2.47. The number of carbonyl (C=O) groups excluding carboxylic acids is 1. The van der Waals surface area contributed by atoms with Gasteiger partial charge in [0.15, 0.2) is 0 Å². The third-order valence-corrected chi connectivity index (χ3v) is 6.59. The summed E-state index contributed by atoms with van der Waals surface area (Å²) in [5.41, 5.74) is 3.90. The summed E-state index contributed by atoms with van der Waals surface area (Å²) in [4.78, 5) is 17.3. The maximum Gasteiger partial charge on any atom is 0.266 e. The van der Waals surface area contributed by atoms with Crippen LogP contribution in [-0.4, -0.2) is 33.8 Å². The number of nitrogens with zero attached hydrogens (tertiary/aromatic N) is 2. The molecule has 0 spiro atoms. The van der Waals surface area contributed by atoms with Crippen LogP contribution < -0.4 is 4.90 Å². The average molecular weight is 387 g/mol. The molecule has 1 saturated heterocycles. The van der Waals surface area contributed by atoms with Crippen molar-refractivity contribution in [2.75, 3.05) is 18.0 Å². The van der Waals surface area contributed by atoms with E-state index < -0.39 is 0 Å². The van der Waals surface area contributed by atoms with Crippen LogP contribution in [0.2, 0.25) is 0 Å². The predicted molar refractivity (Wildman–Crippen MR) is 117 cm³/mol. The Balaban J connectivity index is 1.95. The Labute approximate surface area is 166 Å². The fourth-order valence-electron chi connectivity index (χ4n) is 4.14. The van der Waals surface area contributed by atoms with E-state index in [1.165, 1.54) is 23.0 Å². The number of thiocarbonyl (C=S) groups is 1. The van der Waals surface area contributed by atoms with Gasteiger partial charge in [-0.2, -0.15) is 0 Å². The summed E-state index contributed by atoms with van der Waals surface area (Å²) in [5, 5.41) is 0. The first-order valence-corrected chi connectivity index (χ1v) is 10.3. The van der Waals surface area contributed by atoms with Gasteiger partial charge < -0.3 is 4.90 Å². The highest BCUT2D eigenvalue weighted by atomic mass is 32.2. The van der Waals surface area contributed by atoms with E-state index in [-0.39, 0.29) is 11.4 Å². The van der Waals surface area contributed by atoms with Gasteiger partial charge in [-0.1, -0.05) is 43.0 Å². The van der Waals surface area contributed by atoms with Crippen molar-refractivity contribution in [1.29, 1.82) is 0 Å². The summed E-state index contributed by atoms with van der Waals surface area (Å²) in [6.45, 7) is 14.3. The molecule has 2 aliphatic rings. The Morgan fingerprint density at radius 2 is 2.15 bits per heavy atom. The van der Waals surface area contributed by atoms with Crippen LogP contribution in [0.15, 0.2) is 35.8 Å². The molecule has 0 bridgehead atoms. The second-order valence-electron chi connectivity index (χ2n) is 7.56. The molecule has 26 heavy (non-hydrogen) atoms. The van der Waals surface area contributed by atoms with Crippen LogP contribution in [0, 0.1) is 0 Å². The third kappa shape index (κ3) is 3.35. The molecule has 0 aromatic heterocycles. The first-order chi connectivity index (χ1) is 12.3. The van der Waals surface area contributed by atoms with Crippen LogP contribution in [0.3, 0.4) is 0 Å². The number of hydrogen-bond acceptors (Lipinski definition) is 4. The second-order valence-corrected chi connectivity index (χ2v) is 9.24. The van der Waals surface area contributed by atoms with Gasteiger partial charge in [0.05, 0.1) is 4.91 Å². The number of amides is 1. The van der Waals surface area contributed by atoms with E-state index in [9.17, 15) is 4.79 Å². The summed E-state index contributed by atoms with van der Waals surface area (Å²) >= 11 is 6.69. The lowest BCUT2D eigenvalue weighted by Crippen LogP contribution is -2.48. The number of hydrogen-bond donors (Lipinski definition) is 0. The highest BCUT2D eigenvalue weighted by molar-refractivity contribution is 8.26. The van der Waals surface area contributed by atoms with E-state index >= 15 is 0 Å². The minimum Gasteiger partial charge on any atom is -0.366 e. The number of anilines is 1. The molecule has 1 atom stereocenters. The van der Waals surface area contributed by atoms with Crippen molar-refractivity contribution in [3.05, 3.63) is 46.9 Å². The first kappa shape index (κ1) is 19.2. The van der Waals surface area contributed by atoms with Crippen LogP contribution in [-0.2, 0) is 4.79 Å². The lowest BCUT2D eigenvalue weighted by atomic mass is 9.79. The molecule has 1 fully saturated rings. The van der Waals surface area contributed by atoms with Crippen LogP contribution in [0.4, 0.5) is 5.69 Å². The van der Waals surface area contributed by atoms with Crippen molar-refractivity contribution in [2.45, 2.75) is 45.6 Å². The monoisotopic (exact) mass is 386 g/mol. The minimum absolute atomic E-state index is 0.0259. The highest BCUT2D eigenvalue weighted by Gasteiger charge is 2.35. The lowest BCUT2D eigenvalue weighted by molar-refractivity contribution is -0.121. The average Bonchev–Trinajstić information content (AvgIpc) is 2.83. The normalized spacial score (nSPS) is 23.5. The molecule has 1 amide bonds. The zero-order chi connectivity index (χ0) is 19.1. The summed E-state index contributed by atoms with van der Waals surface area (Å²) in [6.07, 6.45) is 4.79. The van der Waals surface area contributed by atoms with Crippen molar-refractivity contribution < 1.29 is 4.79 Å². The smallest absolute Gasteiger partial charge is 0.266 e. The Morgan fingerprint density at radius 1 is 1.42 bits per heavy atom. The molecule has 0 unspecified atom stereocenters. The zero-order valence-corrected chi connectivity index (χ0v) is 17.5. The van der Waals surface area contributed by atoms with Crippen molar-refractivity contribution in [2.24, 2.45) is 0 Å². The Bertz CT molecular complexity index is 797. The molecule has 0 aliphatic carbocycles. The summed E-state index contributed by atoms with van der Waals surface area (Å²) < 4.78 is 0.603. The van der Waals surface area contributed by atoms with Crippen LogP contribution >= 0.6 is 24.0 Å². The van der Waals surface area contributed by atoms with Crippen molar-refractivity contribution in [1.82, 2.24) is 4.90 Å². The SMILES string of the molecule is C=CCN1C(=O)/C(=C/c2ccc3c(c2)[C@@H](C)CC(C)(C)N3CC)SC1=S. The van der Waals surface area contributed by atoms with Gasteiger partial charge in [0.25, 0.3) is 5.91 Å². The zero-order valence-electron chi connectivity index (χ0n) is 15.9. The molecule has 1 aromatic rings. The van der Waals surface area contributed by atoms with Gasteiger partial charge in [-0.15, -0.1) is 6.58 Å². The fourth-order valence-corrected chi connectivity index (χ4v) is 5.41. The molecule has 1 aromatic carbocycles. The van der Waals surface area contributed by atoms with E-state index in [0.717, 1.165) is 18.5 Å². The van der Waals surface area contributed by atoms with Crippen LogP contribution in [0.25, 0.3) is 6.08 Å².